The molecule has 4 nitrogen and oxygen atoms in total. The molecular weight excluding hydrogens is 226 g/mol. The summed E-state index contributed by atoms with van der Waals surface area (Å²) in [5.74, 6) is -0.652. The highest BCUT2D eigenvalue weighted by Crippen LogP contribution is 2.19. The van der Waals surface area contributed by atoms with Gasteiger partial charge in [-0.1, -0.05) is 6.07 Å². The Balaban J connectivity index is 1.83. The number of carbonyl (C=O) groups is 2. The zero-order valence-electron chi connectivity index (χ0n) is 8.93. The van der Waals surface area contributed by atoms with Gasteiger partial charge >= 0.3 is 5.97 Å². The lowest BCUT2D eigenvalue weighted by Crippen LogP contribution is -2.36. The number of esters is 1. The third-order valence-electron chi connectivity index (χ3n) is 2.30. The van der Waals surface area contributed by atoms with Gasteiger partial charge in [0, 0.05) is 6.04 Å². The van der Waals surface area contributed by atoms with Gasteiger partial charge in [0.2, 0.25) is 0 Å². The van der Waals surface area contributed by atoms with Crippen LogP contribution >= 0.6 is 11.3 Å². The maximum atomic E-state index is 11.5. The largest absolute Gasteiger partial charge is 0.448 e. The third-order valence-corrected chi connectivity index (χ3v) is 3.15. The minimum atomic E-state index is -0.727. The van der Waals surface area contributed by atoms with E-state index in [1.807, 2.05) is 0 Å². The average molecular weight is 239 g/mol. The lowest BCUT2D eigenvalue weighted by molar-refractivity contribution is -0.129. The Morgan fingerprint density at radius 1 is 1.56 bits per heavy atom. The van der Waals surface area contributed by atoms with E-state index in [2.05, 4.69) is 5.32 Å². The lowest BCUT2D eigenvalue weighted by Gasteiger charge is -2.12. The van der Waals surface area contributed by atoms with Crippen LogP contribution in [-0.4, -0.2) is 24.0 Å². The maximum absolute atomic E-state index is 11.5. The Labute approximate surface area is 97.6 Å². The monoisotopic (exact) mass is 239 g/mol. The zero-order valence-corrected chi connectivity index (χ0v) is 9.75. The van der Waals surface area contributed by atoms with E-state index in [0.717, 1.165) is 12.8 Å². The summed E-state index contributed by atoms with van der Waals surface area (Å²) in [6, 6.07) is 3.74. The van der Waals surface area contributed by atoms with Crippen LogP contribution in [0.3, 0.4) is 0 Å². The molecule has 1 aliphatic carbocycles. The molecule has 1 atom stereocenters. The van der Waals surface area contributed by atoms with Crippen LogP contribution in [0.5, 0.6) is 0 Å². The molecule has 1 heterocycles. The first-order valence-electron chi connectivity index (χ1n) is 5.21. The van der Waals surface area contributed by atoms with Crippen molar-refractivity contribution >= 4 is 23.2 Å². The van der Waals surface area contributed by atoms with Gasteiger partial charge < -0.3 is 10.1 Å². The summed E-state index contributed by atoms with van der Waals surface area (Å²) in [5, 5.41) is 4.59. The highest BCUT2D eigenvalue weighted by atomic mass is 32.1. The number of amides is 1. The van der Waals surface area contributed by atoms with Crippen LogP contribution in [-0.2, 0) is 9.53 Å². The van der Waals surface area contributed by atoms with E-state index < -0.39 is 12.1 Å². The molecule has 1 saturated carbocycles. The third kappa shape index (κ3) is 2.82. The van der Waals surface area contributed by atoms with Gasteiger partial charge in [-0.2, -0.15) is 0 Å². The van der Waals surface area contributed by atoms with E-state index in [4.69, 9.17) is 4.74 Å². The van der Waals surface area contributed by atoms with Gasteiger partial charge in [-0.25, -0.2) is 4.79 Å². The predicted octanol–water partition coefficient (Wildman–Crippen LogP) is 1.57. The van der Waals surface area contributed by atoms with Crippen molar-refractivity contribution in [1.82, 2.24) is 5.32 Å². The molecule has 0 saturated heterocycles. The second-order valence-electron chi connectivity index (χ2n) is 3.81. The fraction of sp³-hybridized carbons (Fsp3) is 0.455. The van der Waals surface area contributed by atoms with Crippen molar-refractivity contribution in [1.29, 1.82) is 0 Å². The zero-order chi connectivity index (χ0) is 11.5. The van der Waals surface area contributed by atoms with E-state index >= 15 is 0 Å². The Morgan fingerprint density at radius 2 is 2.31 bits per heavy atom. The number of rotatable bonds is 4. The smallest absolute Gasteiger partial charge is 0.349 e. The molecule has 1 aromatic rings. The van der Waals surface area contributed by atoms with Crippen molar-refractivity contribution in [3.05, 3.63) is 22.4 Å². The molecule has 1 aromatic heterocycles. The second-order valence-corrected chi connectivity index (χ2v) is 4.76. The number of thiophene rings is 1. The molecule has 0 bridgehead atoms. The molecule has 0 spiro atoms. The van der Waals surface area contributed by atoms with Gasteiger partial charge in [-0.3, -0.25) is 4.79 Å². The highest BCUT2D eigenvalue weighted by molar-refractivity contribution is 7.11. The summed E-state index contributed by atoms with van der Waals surface area (Å²) in [5.41, 5.74) is 0. The van der Waals surface area contributed by atoms with Crippen molar-refractivity contribution in [3.63, 3.8) is 0 Å². The Bertz CT molecular complexity index is 384. The summed E-state index contributed by atoms with van der Waals surface area (Å²) in [4.78, 5) is 23.6. The lowest BCUT2D eigenvalue weighted by atomic mass is 10.3. The molecule has 1 amide bonds. The fourth-order valence-corrected chi connectivity index (χ4v) is 1.82. The minimum Gasteiger partial charge on any atom is -0.448 e. The number of hydrogen-bond acceptors (Lipinski definition) is 4. The number of carbonyl (C=O) groups excluding carboxylic acids is 2. The summed E-state index contributed by atoms with van der Waals surface area (Å²) in [7, 11) is 0. The standard InChI is InChI=1S/C11H13NO3S/c1-7(10(13)12-8-4-5-8)15-11(14)9-3-2-6-16-9/h2-3,6-8H,4-5H2,1H3,(H,12,13)/t7-/m1/s1. The van der Waals surface area contributed by atoms with E-state index in [0.29, 0.717) is 4.88 Å². The van der Waals surface area contributed by atoms with Crippen molar-refractivity contribution in [2.24, 2.45) is 0 Å². The molecule has 0 aromatic carbocycles. The van der Waals surface area contributed by atoms with E-state index in [1.54, 1.807) is 24.4 Å². The van der Waals surface area contributed by atoms with Gasteiger partial charge in [-0.05, 0) is 31.2 Å². The number of ether oxygens (including phenoxy) is 1. The Kier molecular flexibility index (Phi) is 3.24. The molecule has 0 aliphatic heterocycles. The van der Waals surface area contributed by atoms with Gasteiger partial charge in [0.05, 0.1) is 0 Å². The summed E-state index contributed by atoms with van der Waals surface area (Å²) < 4.78 is 5.04. The van der Waals surface area contributed by atoms with Crippen LogP contribution in [0, 0.1) is 0 Å². The molecule has 1 fully saturated rings. The van der Waals surface area contributed by atoms with Crippen LogP contribution in [0.4, 0.5) is 0 Å². The first kappa shape index (κ1) is 11.1. The molecule has 5 heteroatoms. The summed E-state index contributed by atoms with van der Waals surface area (Å²) >= 11 is 1.30. The van der Waals surface area contributed by atoms with Crippen LogP contribution in [0.1, 0.15) is 29.4 Å². The highest BCUT2D eigenvalue weighted by Gasteiger charge is 2.27. The quantitative estimate of drug-likeness (QED) is 0.811. The molecule has 0 unspecified atom stereocenters. The van der Waals surface area contributed by atoms with E-state index in [-0.39, 0.29) is 11.9 Å². The van der Waals surface area contributed by atoms with Gasteiger partial charge in [0.15, 0.2) is 6.10 Å². The van der Waals surface area contributed by atoms with E-state index in [9.17, 15) is 9.59 Å². The van der Waals surface area contributed by atoms with Gasteiger partial charge in [-0.15, -0.1) is 11.3 Å². The van der Waals surface area contributed by atoms with Crippen LogP contribution in [0.15, 0.2) is 17.5 Å². The van der Waals surface area contributed by atoms with Gasteiger partial charge in [0.25, 0.3) is 5.91 Å². The average Bonchev–Trinajstić information content (AvgIpc) is 2.89. The first-order valence-corrected chi connectivity index (χ1v) is 6.09. The molecule has 86 valence electrons. The van der Waals surface area contributed by atoms with Crippen LogP contribution in [0.2, 0.25) is 0 Å². The van der Waals surface area contributed by atoms with Crippen molar-refractivity contribution in [2.45, 2.75) is 31.9 Å². The fourth-order valence-electron chi connectivity index (χ4n) is 1.21. The molecule has 0 radical (unpaired) electrons. The SMILES string of the molecule is C[C@@H](OC(=O)c1cccs1)C(=O)NC1CC1. The predicted molar refractivity (Wildman–Crippen MR) is 60.4 cm³/mol. The van der Waals surface area contributed by atoms with Crippen LogP contribution < -0.4 is 5.32 Å². The van der Waals surface area contributed by atoms with E-state index in [1.165, 1.54) is 11.3 Å². The number of nitrogens with one attached hydrogen (secondary N) is 1. The first-order chi connectivity index (χ1) is 7.66. The second kappa shape index (κ2) is 4.65. The molecule has 2 rings (SSSR count). The molecule has 1 N–H and O–H groups in total. The Hall–Kier alpha value is -1.36. The van der Waals surface area contributed by atoms with Crippen LogP contribution in [0.25, 0.3) is 0 Å². The minimum absolute atomic E-state index is 0.215. The molecule has 1 aliphatic rings. The molecular formula is C11H13NO3S. The number of hydrogen-bond donors (Lipinski definition) is 1. The Morgan fingerprint density at radius 3 is 2.88 bits per heavy atom. The summed E-state index contributed by atoms with van der Waals surface area (Å²) in [6.07, 6.45) is 1.32. The van der Waals surface area contributed by atoms with Crippen molar-refractivity contribution < 1.29 is 14.3 Å². The van der Waals surface area contributed by atoms with Gasteiger partial charge in [0.1, 0.15) is 4.88 Å². The maximum Gasteiger partial charge on any atom is 0.349 e. The topological polar surface area (TPSA) is 55.4 Å². The van der Waals surface area contributed by atoms with Crippen molar-refractivity contribution in [2.75, 3.05) is 0 Å². The summed E-state index contributed by atoms with van der Waals surface area (Å²) in [6.45, 7) is 1.59. The molecule has 16 heavy (non-hydrogen) atoms. The normalized spacial score (nSPS) is 16.6. The van der Waals surface area contributed by atoms with Crippen molar-refractivity contribution in [3.8, 4) is 0 Å².